The van der Waals surface area contributed by atoms with Crippen LogP contribution in [-0.4, -0.2) is 9.97 Å². The van der Waals surface area contributed by atoms with E-state index in [-0.39, 0.29) is 0 Å². The van der Waals surface area contributed by atoms with Gasteiger partial charge in [-0.05, 0) is 182 Å². The summed E-state index contributed by atoms with van der Waals surface area (Å²) in [6.07, 6.45) is 0. The molecule has 0 unspecified atom stereocenters. The molecule has 0 aliphatic carbocycles. The zero-order valence-electron chi connectivity index (χ0n) is 36.6. The van der Waals surface area contributed by atoms with E-state index in [2.05, 4.69) is 203 Å². The van der Waals surface area contributed by atoms with Crippen LogP contribution in [-0.2, 0) is 0 Å². The van der Waals surface area contributed by atoms with Gasteiger partial charge >= 0.3 is 0 Å². The van der Waals surface area contributed by atoms with Gasteiger partial charge in [0.15, 0.2) is 0 Å². The standard InChI is InChI=1S/C58H52N2/c1-33-35(3)39(7)55(40(8)36(33)4)53-31-51(47-25-21-45(22-26-47)43-17-13-11-14-18-43)49-29-30-50-52(48-27-23-46(24-28-48)44-19-15-12-16-20-44)32-54(60-58(50)57(49)59-53)56-41(9)37(5)34(2)38(6)42(56)10/h11-32H,1-10H3. The minimum absolute atomic E-state index is 0.918. The highest BCUT2D eigenvalue weighted by Crippen LogP contribution is 2.43. The second-order valence-corrected chi connectivity index (χ2v) is 16.9. The third kappa shape index (κ3) is 6.43. The topological polar surface area (TPSA) is 25.8 Å². The number of hydrogen-bond acceptors (Lipinski definition) is 2. The average molecular weight is 777 g/mol. The molecule has 0 atom stereocenters. The first-order valence-corrected chi connectivity index (χ1v) is 21.2. The number of pyridine rings is 2. The van der Waals surface area contributed by atoms with E-state index in [0.29, 0.717) is 0 Å². The van der Waals surface area contributed by atoms with Crippen molar-refractivity contribution in [2.45, 2.75) is 69.2 Å². The molecule has 0 spiro atoms. The largest absolute Gasteiger partial charge is 0.245 e. The lowest BCUT2D eigenvalue weighted by atomic mass is 9.86. The van der Waals surface area contributed by atoms with Crippen LogP contribution >= 0.6 is 0 Å². The maximum Gasteiger partial charge on any atom is 0.0978 e. The van der Waals surface area contributed by atoms with Crippen molar-refractivity contribution in [3.8, 4) is 67.0 Å². The summed E-state index contributed by atoms with van der Waals surface area (Å²) in [7, 11) is 0. The van der Waals surface area contributed by atoms with Gasteiger partial charge in [-0.15, -0.1) is 0 Å². The van der Waals surface area contributed by atoms with Gasteiger partial charge in [0.2, 0.25) is 0 Å². The fraction of sp³-hybridized carbons (Fsp3) is 0.172. The Bertz CT molecular complexity index is 2860. The molecule has 0 bridgehead atoms. The molecule has 0 aliphatic heterocycles. The number of fused-ring (bicyclic) bond motifs is 3. The van der Waals surface area contributed by atoms with E-state index in [1.54, 1.807) is 0 Å². The van der Waals surface area contributed by atoms with E-state index in [4.69, 9.17) is 9.97 Å². The summed E-state index contributed by atoms with van der Waals surface area (Å²) < 4.78 is 0. The Kier molecular flexibility index (Phi) is 9.84. The van der Waals surface area contributed by atoms with Crippen molar-refractivity contribution in [2.24, 2.45) is 0 Å². The Balaban J connectivity index is 1.38. The highest BCUT2D eigenvalue weighted by molar-refractivity contribution is 6.13. The highest BCUT2D eigenvalue weighted by Gasteiger charge is 2.22. The van der Waals surface area contributed by atoms with Gasteiger partial charge in [-0.3, -0.25) is 0 Å². The average Bonchev–Trinajstić information content (AvgIpc) is 3.29. The van der Waals surface area contributed by atoms with Crippen molar-refractivity contribution in [1.29, 1.82) is 0 Å². The van der Waals surface area contributed by atoms with Crippen molar-refractivity contribution in [3.05, 3.63) is 189 Å². The van der Waals surface area contributed by atoms with Crippen molar-refractivity contribution >= 4 is 21.8 Å². The molecule has 0 fully saturated rings. The van der Waals surface area contributed by atoms with Gasteiger partial charge in [-0.25, -0.2) is 9.97 Å². The molecule has 2 heteroatoms. The van der Waals surface area contributed by atoms with Gasteiger partial charge in [-0.1, -0.05) is 121 Å². The van der Waals surface area contributed by atoms with Gasteiger partial charge < -0.3 is 0 Å². The third-order valence-electron chi connectivity index (χ3n) is 13.9. The van der Waals surface area contributed by atoms with Crippen LogP contribution in [0.3, 0.4) is 0 Å². The van der Waals surface area contributed by atoms with Crippen LogP contribution in [0.4, 0.5) is 0 Å². The molecule has 0 saturated carbocycles. The van der Waals surface area contributed by atoms with Gasteiger partial charge in [0.1, 0.15) is 0 Å². The second kappa shape index (κ2) is 15.2. The predicted molar refractivity (Wildman–Crippen MR) is 257 cm³/mol. The number of nitrogens with zero attached hydrogens (tertiary/aromatic N) is 2. The molecule has 2 aromatic heterocycles. The summed E-state index contributed by atoms with van der Waals surface area (Å²) in [6, 6.07) is 48.5. The molecule has 9 aromatic rings. The van der Waals surface area contributed by atoms with Crippen molar-refractivity contribution in [1.82, 2.24) is 9.97 Å². The molecule has 0 N–H and O–H groups in total. The number of rotatable bonds is 6. The number of hydrogen-bond donors (Lipinski definition) is 0. The van der Waals surface area contributed by atoms with E-state index in [1.165, 1.54) is 89.0 Å². The number of aromatic nitrogens is 2. The first-order chi connectivity index (χ1) is 28.9. The van der Waals surface area contributed by atoms with Crippen LogP contribution in [0.1, 0.15) is 55.6 Å². The minimum atomic E-state index is 0.918. The zero-order valence-corrected chi connectivity index (χ0v) is 36.6. The summed E-state index contributed by atoms with van der Waals surface area (Å²) in [4.78, 5) is 11.4. The second-order valence-electron chi connectivity index (χ2n) is 16.9. The fourth-order valence-electron chi connectivity index (χ4n) is 9.42. The maximum absolute atomic E-state index is 5.71. The molecular weight excluding hydrogens is 725 g/mol. The predicted octanol–water partition coefficient (Wildman–Crippen LogP) is 15.9. The Morgan fingerprint density at radius 1 is 0.267 bits per heavy atom. The smallest absolute Gasteiger partial charge is 0.0978 e. The van der Waals surface area contributed by atoms with E-state index >= 15 is 0 Å². The molecular formula is C58H52N2. The van der Waals surface area contributed by atoms with Gasteiger partial charge in [0.05, 0.1) is 22.4 Å². The molecule has 9 rings (SSSR count). The maximum atomic E-state index is 5.71. The van der Waals surface area contributed by atoms with Crippen molar-refractivity contribution < 1.29 is 0 Å². The number of benzene rings is 7. The van der Waals surface area contributed by atoms with Crippen LogP contribution < -0.4 is 0 Å². The van der Waals surface area contributed by atoms with Crippen LogP contribution in [0.5, 0.6) is 0 Å². The van der Waals surface area contributed by atoms with Gasteiger partial charge in [0, 0.05) is 21.9 Å². The first kappa shape index (κ1) is 38.9. The molecule has 0 radical (unpaired) electrons. The van der Waals surface area contributed by atoms with E-state index in [9.17, 15) is 0 Å². The first-order valence-electron chi connectivity index (χ1n) is 21.2. The van der Waals surface area contributed by atoms with Crippen LogP contribution in [0.25, 0.3) is 88.8 Å². The summed E-state index contributed by atoms with van der Waals surface area (Å²) in [5.41, 5.74) is 28.7. The highest BCUT2D eigenvalue weighted by atomic mass is 14.8. The normalized spacial score (nSPS) is 11.5. The molecule has 0 amide bonds. The van der Waals surface area contributed by atoms with Crippen LogP contribution in [0.2, 0.25) is 0 Å². The lowest BCUT2D eigenvalue weighted by molar-refractivity contribution is 1.17. The van der Waals surface area contributed by atoms with Crippen LogP contribution in [0.15, 0.2) is 133 Å². The quantitative estimate of drug-likeness (QED) is 0.157. The van der Waals surface area contributed by atoms with E-state index < -0.39 is 0 Å². The Labute approximate surface area is 355 Å². The summed E-state index contributed by atoms with van der Waals surface area (Å²) in [5, 5.41) is 2.18. The Morgan fingerprint density at radius 2 is 0.533 bits per heavy atom. The fourth-order valence-corrected chi connectivity index (χ4v) is 9.42. The van der Waals surface area contributed by atoms with Crippen molar-refractivity contribution in [3.63, 3.8) is 0 Å². The lowest BCUT2D eigenvalue weighted by Gasteiger charge is -2.21. The Hall–Kier alpha value is -6.64. The molecule has 0 saturated heterocycles. The summed E-state index contributed by atoms with van der Waals surface area (Å²) >= 11 is 0. The monoisotopic (exact) mass is 776 g/mol. The van der Waals surface area contributed by atoms with Gasteiger partial charge in [0.25, 0.3) is 0 Å². The minimum Gasteiger partial charge on any atom is -0.245 e. The van der Waals surface area contributed by atoms with E-state index in [0.717, 1.165) is 55.4 Å². The SMILES string of the molecule is Cc1c(C)c(C)c(-c2cc(-c3ccc(-c4ccccc4)cc3)c3ccc4c(-c5ccc(-c6ccccc6)cc5)cc(-c5c(C)c(C)c(C)c(C)c5C)nc4c3n2)c(C)c1C. The molecule has 2 heterocycles. The van der Waals surface area contributed by atoms with Crippen molar-refractivity contribution in [2.75, 3.05) is 0 Å². The summed E-state index contributed by atoms with van der Waals surface area (Å²) in [5.74, 6) is 0. The summed E-state index contributed by atoms with van der Waals surface area (Å²) in [6.45, 7) is 22.5. The molecule has 2 nitrogen and oxygen atoms in total. The molecule has 60 heavy (non-hydrogen) atoms. The third-order valence-corrected chi connectivity index (χ3v) is 13.9. The van der Waals surface area contributed by atoms with Gasteiger partial charge in [-0.2, -0.15) is 0 Å². The molecule has 7 aromatic carbocycles. The van der Waals surface area contributed by atoms with E-state index in [1.807, 2.05) is 0 Å². The van der Waals surface area contributed by atoms with Crippen LogP contribution in [0, 0.1) is 69.2 Å². The molecule has 294 valence electrons. The molecule has 0 aliphatic rings. The Morgan fingerprint density at radius 3 is 0.850 bits per heavy atom. The zero-order chi connectivity index (χ0) is 42.0. The lowest BCUT2D eigenvalue weighted by Crippen LogP contribution is -2.03.